The quantitative estimate of drug-likeness (QED) is 0.236. The highest BCUT2D eigenvalue weighted by atomic mass is 16.7. The molecule has 0 atom stereocenters. The molecule has 2 heterocycles. The van der Waals surface area contributed by atoms with Crippen LogP contribution in [0.15, 0.2) is 46.9 Å². The standard InChI is InChI=1S/C40H52BNO3/c1-35(2)15-16-36(3,4)28-19-24(13-14-27(28)35)42-32-23-34-26(21-31(32)41-44-39(9,10)40(11,12)45-41)25-20-29-30(22-33(25)43-34)38(7,8)18-17-37(29,5)6/h13-14,19-23,42H,15-18H2,1-12H3. The number of rotatable bonds is 3. The van der Waals surface area contributed by atoms with Crippen LogP contribution in [0.25, 0.3) is 21.9 Å². The van der Waals surface area contributed by atoms with Gasteiger partial charge in [0.1, 0.15) is 11.2 Å². The Labute approximate surface area is 270 Å². The lowest BCUT2D eigenvalue weighted by Crippen LogP contribution is -2.41. The van der Waals surface area contributed by atoms with Gasteiger partial charge in [-0.1, -0.05) is 61.5 Å². The van der Waals surface area contributed by atoms with E-state index in [4.69, 9.17) is 13.7 Å². The molecule has 1 saturated heterocycles. The first kappa shape index (κ1) is 30.9. The van der Waals surface area contributed by atoms with E-state index < -0.39 is 18.3 Å². The monoisotopic (exact) mass is 605 g/mol. The number of benzene rings is 3. The van der Waals surface area contributed by atoms with Crippen LogP contribution < -0.4 is 10.8 Å². The van der Waals surface area contributed by atoms with Gasteiger partial charge in [-0.15, -0.1) is 0 Å². The van der Waals surface area contributed by atoms with Crippen LogP contribution in [0.1, 0.15) is 131 Å². The predicted octanol–water partition coefficient (Wildman–Crippen LogP) is 10.3. The third kappa shape index (κ3) is 4.78. The lowest BCUT2D eigenvalue weighted by Gasteiger charge is -2.42. The van der Waals surface area contributed by atoms with Crippen molar-refractivity contribution in [3.8, 4) is 0 Å². The summed E-state index contributed by atoms with van der Waals surface area (Å²) in [4.78, 5) is 0. The number of hydrogen-bond acceptors (Lipinski definition) is 4. The number of hydrogen-bond donors (Lipinski definition) is 1. The zero-order valence-corrected chi connectivity index (χ0v) is 29.7. The maximum absolute atomic E-state index is 6.69. The summed E-state index contributed by atoms with van der Waals surface area (Å²) < 4.78 is 20.0. The molecule has 3 aromatic carbocycles. The summed E-state index contributed by atoms with van der Waals surface area (Å²) in [6.45, 7) is 27.5. The van der Waals surface area contributed by atoms with E-state index in [1.54, 1.807) is 0 Å². The fraction of sp³-hybridized carbons (Fsp3) is 0.550. The number of furan rings is 1. The second kappa shape index (κ2) is 9.41. The summed E-state index contributed by atoms with van der Waals surface area (Å²) in [5.74, 6) is 0. The number of nitrogens with one attached hydrogen (secondary N) is 1. The van der Waals surface area contributed by atoms with E-state index in [-0.39, 0.29) is 21.7 Å². The van der Waals surface area contributed by atoms with E-state index >= 15 is 0 Å². The molecule has 5 heteroatoms. The van der Waals surface area contributed by atoms with Crippen LogP contribution in [0, 0.1) is 0 Å². The fourth-order valence-electron chi connectivity index (χ4n) is 7.99. The van der Waals surface area contributed by atoms with Crippen molar-refractivity contribution in [2.45, 2.75) is 142 Å². The molecule has 1 N–H and O–H groups in total. The zero-order valence-electron chi connectivity index (χ0n) is 29.7. The molecule has 45 heavy (non-hydrogen) atoms. The molecule has 2 aliphatic carbocycles. The zero-order chi connectivity index (χ0) is 32.5. The van der Waals surface area contributed by atoms with Crippen LogP contribution in [-0.4, -0.2) is 18.3 Å². The minimum Gasteiger partial charge on any atom is -0.456 e. The van der Waals surface area contributed by atoms with Crippen molar-refractivity contribution in [2.75, 3.05) is 5.32 Å². The molecule has 0 unspecified atom stereocenters. The lowest BCUT2D eigenvalue weighted by molar-refractivity contribution is 0.00578. The average Bonchev–Trinajstić information content (AvgIpc) is 3.39. The van der Waals surface area contributed by atoms with Crippen LogP contribution in [0.5, 0.6) is 0 Å². The molecule has 1 fully saturated rings. The molecular weight excluding hydrogens is 553 g/mol. The Balaban J connectivity index is 1.41. The van der Waals surface area contributed by atoms with Crippen LogP contribution in [0.2, 0.25) is 0 Å². The van der Waals surface area contributed by atoms with Crippen molar-refractivity contribution in [1.82, 2.24) is 0 Å². The SMILES string of the molecule is CC1(C)CCC(C)(C)c2cc(Nc3cc4oc5cc6c(cc5c4cc3B3OC(C)(C)C(C)(C)O3)C(C)(C)CCC6(C)C)ccc21. The molecule has 3 aliphatic rings. The minimum absolute atomic E-state index is 0.118. The smallest absolute Gasteiger partial charge is 0.456 e. The molecule has 4 aromatic rings. The summed E-state index contributed by atoms with van der Waals surface area (Å²) in [6.07, 6.45) is 4.73. The molecule has 0 radical (unpaired) electrons. The van der Waals surface area contributed by atoms with Gasteiger partial charge in [0.2, 0.25) is 0 Å². The summed E-state index contributed by atoms with van der Waals surface area (Å²) in [6, 6.07) is 16.1. The summed E-state index contributed by atoms with van der Waals surface area (Å²) in [5, 5.41) is 6.09. The van der Waals surface area contributed by atoms with Crippen molar-refractivity contribution < 1.29 is 13.7 Å². The van der Waals surface area contributed by atoms with Gasteiger partial charge < -0.3 is 19.0 Å². The van der Waals surface area contributed by atoms with E-state index in [0.717, 1.165) is 38.8 Å². The number of anilines is 2. The summed E-state index contributed by atoms with van der Waals surface area (Å²) >= 11 is 0. The van der Waals surface area contributed by atoms with Gasteiger partial charge in [0.05, 0.1) is 11.2 Å². The molecule has 0 spiro atoms. The third-order valence-corrected chi connectivity index (χ3v) is 12.3. The van der Waals surface area contributed by atoms with Crippen LogP contribution in [-0.2, 0) is 31.0 Å². The van der Waals surface area contributed by atoms with Gasteiger partial charge in [-0.2, -0.15) is 0 Å². The second-order valence-electron chi connectivity index (χ2n) is 17.9. The first-order chi connectivity index (χ1) is 20.7. The highest BCUT2D eigenvalue weighted by molar-refractivity contribution is 6.64. The van der Waals surface area contributed by atoms with Crippen molar-refractivity contribution in [3.63, 3.8) is 0 Å². The summed E-state index contributed by atoms with van der Waals surface area (Å²) in [5.41, 5.74) is 10.2. The Hall–Kier alpha value is -2.76. The van der Waals surface area contributed by atoms with Gasteiger partial charge in [-0.05, 0) is 128 Å². The Bertz CT molecular complexity index is 1840. The normalized spacial score (nSPS) is 23.6. The molecular formula is C40H52BNO3. The Morgan fingerprint density at radius 2 is 1.00 bits per heavy atom. The molecule has 0 amide bonds. The van der Waals surface area contributed by atoms with E-state index in [2.05, 4.69) is 131 Å². The largest absolute Gasteiger partial charge is 0.497 e. The van der Waals surface area contributed by atoms with Crippen molar-refractivity contribution >= 4 is 45.9 Å². The Morgan fingerprint density at radius 1 is 0.533 bits per heavy atom. The number of fused-ring (bicyclic) bond motifs is 5. The van der Waals surface area contributed by atoms with Crippen LogP contribution in [0.3, 0.4) is 0 Å². The van der Waals surface area contributed by atoms with Gasteiger partial charge >= 0.3 is 7.12 Å². The van der Waals surface area contributed by atoms with Gasteiger partial charge in [0.25, 0.3) is 0 Å². The molecule has 4 nitrogen and oxygen atoms in total. The van der Waals surface area contributed by atoms with E-state index in [1.165, 1.54) is 47.9 Å². The van der Waals surface area contributed by atoms with Gasteiger partial charge in [-0.25, -0.2) is 0 Å². The van der Waals surface area contributed by atoms with Gasteiger partial charge in [0, 0.05) is 33.7 Å². The Kier molecular flexibility index (Phi) is 6.46. The first-order valence-corrected chi connectivity index (χ1v) is 17.0. The molecule has 238 valence electrons. The highest BCUT2D eigenvalue weighted by Crippen LogP contribution is 2.49. The molecule has 7 rings (SSSR count). The second-order valence-corrected chi connectivity index (χ2v) is 17.9. The molecule has 1 aromatic heterocycles. The summed E-state index contributed by atoms with van der Waals surface area (Å²) in [7, 11) is -0.507. The topological polar surface area (TPSA) is 43.6 Å². The van der Waals surface area contributed by atoms with E-state index in [1.807, 2.05) is 0 Å². The molecule has 0 bridgehead atoms. The molecule has 1 aliphatic heterocycles. The Morgan fingerprint density at radius 3 is 1.58 bits per heavy atom. The van der Waals surface area contributed by atoms with E-state index in [0.29, 0.717) is 0 Å². The maximum atomic E-state index is 6.69. The minimum atomic E-state index is -0.507. The predicted molar refractivity (Wildman–Crippen MR) is 190 cm³/mol. The maximum Gasteiger partial charge on any atom is 0.497 e. The van der Waals surface area contributed by atoms with Gasteiger partial charge in [-0.3, -0.25) is 0 Å². The van der Waals surface area contributed by atoms with Crippen LogP contribution >= 0.6 is 0 Å². The average molecular weight is 606 g/mol. The van der Waals surface area contributed by atoms with E-state index in [9.17, 15) is 0 Å². The van der Waals surface area contributed by atoms with Crippen molar-refractivity contribution in [2.24, 2.45) is 0 Å². The molecule has 0 saturated carbocycles. The van der Waals surface area contributed by atoms with Crippen molar-refractivity contribution in [3.05, 3.63) is 64.7 Å². The van der Waals surface area contributed by atoms with Crippen molar-refractivity contribution in [1.29, 1.82) is 0 Å². The first-order valence-electron chi connectivity index (χ1n) is 17.0. The highest BCUT2D eigenvalue weighted by Gasteiger charge is 2.52. The lowest BCUT2D eigenvalue weighted by atomic mass is 9.63. The van der Waals surface area contributed by atoms with Gasteiger partial charge in [0.15, 0.2) is 0 Å². The van der Waals surface area contributed by atoms with Crippen LogP contribution in [0.4, 0.5) is 11.4 Å². The fourth-order valence-corrected chi connectivity index (χ4v) is 7.99. The third-order valence-electron chi connectivity index (χ3n) is 12.3.